The number of Topliss-reactive ketones (excluding diaryl/α,β-unsaturated/α-hetero) is 1. The highest BCUT2D eigenvalue weighted by molar-refractivity contribution is 7.99. The Labute approximate surface area is 167 Å². The van der Waals surface area contributed by atoms with Crippen LogP contribution in [0.2, 0.25) is 0 Å². The number of allylic oxidation sites excluding steroid dienone is 2. The van der Waals surface area contributed by atoms with Crippen molar-refractivity contribution >= 4 is 28.9 Å². The second kappa shape index (κ2) is 9.20. The molecule has 0 aromatic carbocycles. The molecule has 0 aliphatic heterocycles. The van der Waals surface area contributed by atoms with Crippen molar-refractivity contribution in [1.29, 1.82) is 5.26 Å². The van der Waals surface area contributed by atoms with Crippen molar-refractivity contribution in [3.05, 3.63) is 39.5 Å². The second-order valence-electron chi connectivity index (χ2n) is 6.70. The average molecular weight is 402 g/mol. The summed E-state index contributed by atoms with van der Waals surface area (Å²) < 4.78 is 2.22. The van der Waals surface area contributed by atoms with Gasteiger partial charge < -0.3 is 10.3 Å². The summed E-state index contributed by atoms with van der Waals surface area (Å²) in [6, 6.07) is 6.43. The molecule has 2 aromatic rings. The van der Waals surface area contributed by atoms with E-state index in [9.17, 15) is 4.79 Å². The van der Waals surface area contributed by atoms with Gasteiger partial charge in [-0.2, -0.15) is 5.26 Å². The van der Waals surface area contributed by atoms with Crippen LogP contribution in [0.15, 0.2) is 33.9 Å². The summed E-state index contributed by atoms with van der Waals surface area (Å²) in [5.74, 6) is 0.826. The summed E-state index contributed by atoms with van der Waals surface area (Å²) in [6.07, 6.45) is 6.66. The Morgan fingerprint density at radius 3 is 2.81 bits per heavy atom. The van der Waals surface area contributed by atoms with Crippen LogP contribution < -0.4 is 5.73 Å². The molecule has 1 aliphatic carbocycles. The van der Waals surface area contributed by atoms with Crippen molar-refractivity contribution in [2.45, 2.75) is 56.6 Å². The molecule has 0 spiro atoms. The van der Waals surface area contributed by atoms with Crippen LogP contribution in [-0.4, -0.2) is 26.3 Å². The molecule has 2 aromatic heterocycles. The van der Waals surface area contributed by atoms with Crippen LogP contribution in [0.25, 0.3) is 0 Å². The Morgan fingerprint density at radius 1 is 1.41 bits per heavy atom. The lowest BCUT2D eigenvalue weighted by Gasteiger charge is -2.25. The third-order valence-corrected chi connectivity index (χ3v) is 6.52. The van der Waals surface area contributed by atoms with Crippen molar-refractivity contribution in [1.82, 2.24) is 14.8 Å². The predicted octanol–water partition coefficient (Wildman–Crippen LogP) is 3.85. The van der Waals surface area contributed by atoms with E-state index in [0.29, 0.717) is 6.04 Å². The normalized spacial score (nSPS) is 16.0. The second-order valence-corrected chi connectivity index (χ2v) is 8.67. The molecular formula is C19H23N5OS2. The van der Waals surface area contributed by atoms with E-state index in [0.717, 1.165) is 30.2 Å². The number of nitriles is 1. The standard InChI is InChI=1S/C19H23N5OS2/c1-13(21)16(11-20)17(25)12-27-19-23-22-18(10-15-8-5-9-26-15)24(19)14-6-3-2-4-7-14/h5,8-9,14H,2-4,6-7,10,12,21H2,1H3/b16-13+. The average Bonchev–Trinajstić information content (AvgIpc) is 3.31. The van der Waals surface area contributed by atoms with Crippen molar-refractivity contribution < 1.29 is 4.79 Å². The molecule has 1 saturated carbocycles. The van der Waals surface area contributed by atoms with Crippen LogP contribution in [0, 0.1) is 11.3 Å². The van der Waals surface area contributed by atoms with Gasteiger partial charge in [0.05, 0.1) is 5.75 Å². The maximum atomic E-state index is 12.3. The molecule has 0 radical (unpaired) electrons. The highest BCUT2D eigenvalue weighted by atomic mass is 32.2. The van der Waals surface area contributed by atoms with E-state index >= 15 is 0 Å². The predicted molar refractivity (Wildman–Crippen MR) is 108 cm³/mol. The monoisotopic (exact) mass is 401 g/mol. The first-order valence-corrected chi connectivity index (χ1v) is 10.9. The van der Waals surface area contributed by atoms with Crippen LogP contribution in [0.3, 0.4) is 0 Å². The number of carbonyl (C=O) groups excluding carboxylic acids is 1. The van der Waals surface area contributed by atoms with Crippen molar-refractivity contribution in [2.24, 2.45) is 5.73 Å². The summed E-state index contributed by atoms with van der Waals surface area (Å²) in [6.45, 7) is 1.57. The van der Waals surface area contributed by atoms with Crippen LogP contribution in [0.1, 0.15) is 55.8 Å². The molecule has 0 amide bonds. The van der Waals surface area contributed by atoms with Gasteiger partial charge in [-0.1, -0.05) is 37.1 Å². The van der Waals surface area contributed by atoms with Crippen LogP contribution in [0.4, 0.5) is 0 Å². The SMILES string of the molecule is C/C(N)=C(/C#N)C(=O)CSc1nnc(Cc2cccs2)n1C1CCCCC1. The Bertz CT molecular complexity index is 853. The quantitative estimate of drug-likeness (QED) is 0.430. The molecule has 1 fully saturated rings. The molecule has 2 N–H and O–H groups in total. The van der Waals surface area contributed by atoms with Gasteiger partial charge in [0, 0.05) is 23.0 Å². The third kappa shape index (κ3) is 4.79. The fourth-order valence-electron chi connectivity index (χ4n) is 3.37. The first-order chi connectivity index (χ1) is 13.1. The van der Waals surface area contributed by atoms with Crippen molar-refractivity contribution in [2.75, 3.05) is 5.75 Å². The van der Waals surface area contributed by atoms with Gasteiger partial charge in [0.2, 0.25) is 0 Å². The number of rotatable bonds is 7. The molecule has 142 valence electrons. The number of ketones is 1. The summed E-state index contributed by atoms with van der Waals surface area (Å²) in [5, 5.41) is 20.7. The molecule has 0 unspecified atom stereocenters. The van der Waals surface area contributed by atoms with Crippen molar-refractivity contribution in [3.63, 3.8) is 0 Å². The van der Waals surface area contributed by atoms with E-state index in [-0.39, 0.29) is 22.8 Å². The zero-order valence-corrected chi connectivity index (χ0v) is 17.0. The van der Waals surface area contributed by atoms with Gasteiger partial charge in [-0.3, -0.25) is 4.79 Å². The molecule has 0 bridgehead atoms. The number of nitrogens with two attached hydrogens (primary N) is 1. The third-order valence-electron chi connectivity index (χ3n) is 4.70. The summed E-state index contributed by atoms with van der Waals surface area (Å²) in [5.41, 5.74) is 5.93. The van der Waals surface area contributed by atoms with E-state index in [1.165, 1.54) is 35.9 Å². The summed E-state index contributed by atoms with van der Waals surface area (Å²) in [4.78, 5) is 13.6. The maximum absolute atomic E-state index is 12.3. The lowest BCUT2D eigenvalue weighted by molar-refractivity contribution is -0.112. The van der Waals surface area contributed by atoms with Gasteiger partial charge in [0.25, 0.3) is 0 Å². The zero-order valence-electron chi connectivity index (χ0n) is 15.4. The number of nitrogens with zero attached hydrogens (tertiary/aromatic N) is 4. The van der Waals surface area contributed by atoms with Gasteiger partial charge in [0.1, 0.15) is 17.5 Å². The number of thiophene rings is 1. The smallest absolute Gasteiger partial charge is 0.191 e. The first-order valence-electron chi connectivity index (χ1n) is 9.08. The molecule has 2 heterocycles. The van der Waals surface area contributed by atoms with Crippen LogP contribution >= 0.6 is 23.1 Å². The van der Waals surface area contributed by atoms with Gasteiger partial charge in [-0.15, -0.1) is 21.5 Å². The number of aromatic nitrogens is 3. The van der Waals surface area contributed by atoms with E-state index in [2.05, 4.69) is 26.2 Å². The Morgan fingerprint density at radius 2 is 2.19 bits per heavy atom. The largest absolute Gasteiger partial charge is 0.401 e. The number of carbonyl (C=O) groups is 1. The molecule has 0 saturated heterocycles. The van der Waals surface area contributed by atoms with E-state index in [1.807, 2.05) is 12.1 Å². The minimum atomic E-state index is -0.263. The lowest BCUT2D eigenvalue weighted by Crippen LogP contribution is -2.17. The number of hydrogen-bond donors (Lipinski definition) is 1. The molecule has 6 nitrogen and oxygen atoms in total. The van der Waals surface area contributed by atoms with E-state index < -0.39 is 0 Å². The summed E-state index contributed by atoms with van der Waals surface area (Å²) >= 11 is 3.06. The molecule has 1 aliphatic rings. The Balaban J connectivity index is 1.81. The molecule has 3 rings (SSSR count). The summed E-state index contributed by atoms with van der Waals surface area (Å²) in [7, 11) is 0. The van der Waals surface area contributed by atoms with Gasteiger partial charge in [-0.05, 0) is 31.2 Å². The minimum Gasteiger partial charge on any atom is -0.401 e. The maximum Gasteiger partial charge on any atom is 0.191 e. The Hall–Kier alpha value is -2.11. The van der Waals surface area contributed by atoms with Crippen molar-refractivity contribution in [3.8, 4) is 6.07 Å². The van der Waals surface area contributed by atoms with Gasteiger partial charge >= 0.3 is 0 Å². The van der Waals surface area contributed by atoms with Crippen LogP contribution in [-0.2, 0) is 11.2 Å². The first kappa shape index (κ1) is 19.6. The highest BCUT2D eigenvalue weighted by Gasteiger charge is 2.24. The molecule has 0 atom stereocenters. The van der Waals surface area contributed by atoms with Crippen LogP contribution in [0.5, 0.6) is 0 Å². The fraction of sp³-hybridized carbons (Fsp3) is 0.474. The lowest BCUT2D eigenvalue weighted by atomic mass is 9.95. The zero-order chi connectivity index (χ0) is 19.2. The number of hydrogen-bond acceptors (Lipinski definition) is 7. The van der Waals surface area contributed by atoms with E-state index in [1.54, 1.807) is 18.3 Å². The Kier molecular flexibility index (Phi) is 6.69. The van der Waals surface area contributed by atoms with E-state index in [4.69, 9.17) is 11.0 Å². The van der Waals surface area contributed by atoms with Gasteiger partial charge in [-0.25, -0.2) is 0 Å². The number of thioether (sulfide) groups is 1. The van der Waals surface area contributed by atoms with Gasteiger partial charge in [0.15, 0.2) is 10.9 Å². The topological polar surface area (TPSA) is 97.6 Å². The fourth-order valence-corrected chi connectivity index (χ4v) is 4.97. The molecule has 27 heavy (non-hydrogen) atoms. The highest BCUT2D eigenvalue weighted by Crippen LogP contribution is 2.33. The molecular weight excluding hydrogens is 378 g/mol. The minimum absolute atomic E-state index is 0.0324. The molecule has 8 heteroatoms.